The van der Waals surface area contributed by atoms with Crippen LogP contribution in [0.2, 0.25) is 0 Å². The monoisotopic (exact) mass is 251 g/mol. The molecule has 0 saturated carbocycles. The number of methoxy groups -OCH3 is 2. The van der Waals surface area contributed by atoms with E-state index in [1.807, 2.05) is 36.9 Å². The first kappa shape index (κ1) is 14.4. The summed E-state index contributed by atoms with van der Waals surface area (Å²) in [4.78, 5) is 13.5. The first-order valence-corrected chi connectivity index (χ1v) is 6.14. The molecule has 0 N–H and O–H groups in total. The van der Waals surface area contributed by atoms with Crippen LogP contribution in [-0.4, -0.2) is 31.6 Å². The summed E-state index contributed by atoms with van der Waals surface area (Å²) in [6.07, 6.45) is 0.529. The number of rotatable bonds is 6. The summed E-state index contributed by atoms with van der Waals surface area (Å²) in [6.45, 7) is 5.17. The molecule has 0 unspecified atom stereocenters. The topological polar surface area (TPSA) is 38.8 Å². The number of benzene rings is 1. The largest absolute Gasteiger partial charge is 0.493 e. The van der Waals surface area contributed by atoms with Crippen LogP contribution >= 0.6 is 0 Å². The van der Waals surface area contributed by atoms with E-state index in [9.17, 15) is 4.79 Å². The molecule has 0 spiro atoms. The molecular formula is C14H21NO3. The molecule has 0 bridgehead atoms. The minimum atomic E-state index is 0.160. The lowest BCUT2D eigenvalue weighted by molar-refractivity contribution is -0.131. The van der Waals surface area contributed by atoms with Crippen LogP contribution in [0.1, 0.15) is 25.8 Å². The van der Waals surface area contributed by atoms with Crippen LogP contribution in [0, 0.1) is 0 Å². The fourth-order valence-corrected chi connectivity index (χ4v) is 1.80. The third kappa shape index (κ3) is 3.39. The lowest BCUT2D eigenvalue weighted by atomic mass is 10.2. The first-order valence-electron chi connectivity index (χ1n) is 6.14. The number of carbonyl (C=O) groups is 1. The summed E-state index contributed by atoms with van der Waals surface area (Å²) in [7, 11) is 3.22. The molecule has 0 radical (unpaired) electrons. The van der Waals surface area contributed by atoms with Gasteiger partial charge in [0, 0.05) is 19.5 Å². The number of amides is 1. The highest BCUT2D eigenvalue weighted by Crippen LogP contribution is 2.28. The molecule has 1 amide bonds. The Morgan fingerprint density at radius 2 is 1.83 bits per heavy atom. The Hall–Kier alpha value is -1.71. The van der Waals surface area contributed by atoms with Crippen molar-refractivity contribution in [2.24, 2.45) is 0 Å². The van der Waals surface area contributed by atoms with Gasteiger partial charge in [0.25, 0.3) is 0 Å². The highest BCUT2D eigenvalue weighted by molar-refractivity contribution is 5.75. The van der Waals surface area contributed by atoms with Crippen LogP contribution in [-0.2, 0) is 11.3 Å². The number of hydrogen-bond donors (Lipinski definition) is 0. The second-order valence-corrected chi connectivity index (χ2v) is 3.95. The quantitative estimate of drug-likeness (QED) is 0.779. The molecule has 18 heavy (non-hydrogen) atoms. The lowest BCUT2D eigenvalue weighted by Gasteiger charge is -2.21. The summed E-state index contributed by atoms with van der Waals surface area (Å²) in [5, 5.41) is 0. The fourth-order valence-electron chi connectivity index (χ4n) is 1.80. The van der Waals surface area contributed by atoms with Crippen molar-refractivity contribution in [2.75, 3.05) is 20.8 Å². The van der Waals surface area contributed by atoms with Gasteiger partial charge < -0.3 is 14.4 Å². The van der Waals surface area contributed by atoms with Gasteiger partial charge in [0.1, 0.15) is 0 Å². The Bertz CT molecular complexity index is 404. The molecule has 1 aromatic rings. The van der Waals surface area contributed by atoms with Crippen molar-refractivity contribution < 1.29 is 14.3 Å². The predicted molar refractivity (Wildman–Crippen MR) is 70.9 cm³/mol. The third-order valence-electron chi connectivity index (χ3n) is 2.86. The average molecular weight is 251 g/mol. The Labute approximate surface area is 108 Å². The molecule has 1 rings (SSSR count). The molecule has 0 aliphatic carbocycles. The maximum absolute atomic E-state index is 11.7. The zero-order valence-corrected chi connectivity index (χ0v) is 11.5. The van der Waals surface area contributed by atoms with Gasteiger partial charge in [0.15, 0.2) is 11.5 Å². The van der Waals surface area contributed by atoms with E-state index in [2.05, 4.69) is 0 Å². The molecule has 0 saturated heterocycles. The van der Waals surface area contributed by atoms with Gasteiger partial charge in [-0.2, -0.15) is 0 Å². The van der Waals surface area contributed by atoms with E-state index in [4.69, 9.17) is 9.47 Å². The zero-order chi connectivity index (χ0) is 13.5. The Balaban J connectivity index is 2.87. The van der Waals surface area contributed by atoms with E-state index < -0.39 is 0 Å². The van der Waals surface area contributed by atoms with E-state index >= 15 is 0 Å². The molecule has 0 aromatic heterocycles. The molecule has 1 aromatic carbocycles. The van der Waals surface area contributed by atoms with Crippen molar-refractivity contribution >= 4 is 5.91 Å². The van der Waals surface area contributed by atoms with Crippen molar-refractivity contribution in [3.63, 3.8) is 0 Å². The number of carbonyl (C=O) groups excluding carboxylic acids is 1. The first-order chi connectivity index (χ1) is 8.65. The van der Waals surface area contributed by atoms with Gasteiger partial charge in [-0.3, -0.25) is 4.79 Å². The van der Waals surface area contributed by atoms with Crippen molar-refractivity contribution in [3.8, 4) is 11.5 Å². The standard InChI is InChI=1S/C14H21NO3/c1-5-14(16)15(6-2)10-11-7-8-12(17-3)13(9-11)18-4/h7-9H,5-6,10H2,1-4H3. The molecule has 0 atom stereocenters. The number of hydrogen-bond acceptors (Lipinski definition) is 3. The van der Waals surface area contributed by atoms with Crippen molar-refractivity contribution in [3.05, 3.63) is 23.8 Å². The van der Waals surface area contributed by atoms with Crippen LogP contribution in [0.5, 0.6) is 11.5 Å². The van der Waals surface area contributed by atoms with Crippen LogP contribution in [0.4, 0.5) is 0 Å². The van der Waals surface area contributed by atoms with Crippen LogP contribution in [0.15, 0.2) is 18.2 Å². The van der Waals surface area contributed by atoms with Gasteiger partial charge in [0.05, 0.1) is 14.2 Å². The van der Waals surface area contributed by atoms with Gasteiger partial charge in [-0.25, -0.2) is 0 Å². The Kier molecular flexibility index (Phi) is 5.49. The maximum Gasteiger partial charge on any atom is 0.222 e. The van der Waals surface area contributed by atoms with Crippen molar-refractivity contribution in [1.29, 1.82) is 0 Å². The van der Waals surface area contributed by atoms with E-state index in [0.717, 1.165) is 5.56 Å². The highest BCUT2D eigenvalue weighted by Gasteiger charge is 2.11. The molecule has 0 heterocycles. The second kappa shape index (κ2) is 6.89. The van der Waals surface area contributed by atoms with Crippen molar-refractivity contribution in [2.45, 2.75) is 26.8 Å². The van der Waals surface area contributed by atoms with Gasteiger partial charge >= 0.3 is 0 Å². The summed E-state index contributed by atoms with van der Waals surface area (Å²) >= 11 is 0. The van der Waals surface area contributed by atoms with Gasteiger partial charge in [-0.05, 0) is 24.6 Å². The van der Waals surface area contributed by atoms with E-state index in [-0.39, 0.29) is 5.91 Å². The average Bonchev–Trinajstić information content (AvgIpc) is 2.43. The fraction of sp³-hybridized carbons (Fsp3) is 0.500. The second-order valence-electron chi connectivity index (χ2n) is 3.95. The smallest absolute Gasteiger partial charge is 0.222 e. The number of ether oxygens (including phenoxy) is 2. The van der Waals surface area contributed by atoms with Gasteiger partial charge in [-0.15, -0.1) is 0 Å². The minimum Gasteiger partial charge on any atom is -0.493 e. The summed E-state index contributed by atoms with van der Waals surface area (Å²) < 4.78 is 10.4. The summed E-state index contributed by atoms with van der Waals surface area (Å²) in [5.74, 6) is 1.55. The maximum atomic E-state index is 11.7. The SMILES string of the molecule is CCC(=O)N(CC)Cc1ccc(OC)c(OC)c1. The van der Waals surface area contributed by atoms with E-state index in [1.165, 1.54) is 0 Å². The Morgan fingerprint density at radius 3 is 2.33 bits per heavy atom. The zero-order valence-electron chi connectivity index (χ0n) is 11.5. The van der Waals surface area contributed by atoms with Crippen molar-refractivity contribution in [1.82, 2.24) is 4.90 Å². The summed E-state index contributed by atoms with van der Waals surface area (Å²) in [6, 6.07) is 5.72. The molecular weight excluding hydrogens is 230 g/mol. The Morgan fingerprint density at radius 1 is 1.17 bits per heavy atom. The van der Waals surface area contributed by atoms with Crippen LogP contribution in [0.25, 0.3) is 0 Å². The van der Waals surface area contributed by atoms with Gasteiger partial charge in [0.2, 0.25) is 5.91 Å². The molecule has 4 nitrogen and oxygen atoms in total. The van der Waals surface area contributed by atoms with E-state index in [0.29, 0.717) is 31.0 Å². The predicted octanol–water partition coefficient (Wildman–Crippen LogP) is 2.46. The van der Waals surface area contributed by atoms with Crippen LogP contribution in [0.3, 0.4) is 0 Å². The summed E-state index contributed by atoms with van der Waals surface area (Å²) in [5.41, 5.74) is 1.04. The highest BCUT2D eigenvalue weighted by atomic mass is 16.5. The molecule has 100 valence electrons. The molecule has 0 fully saturated rings. The molecule has 4 heteroatoms. The molecule has 0 aliphatic heterocycles. The number of nitrogens with zero attached hydrogens (tertiary/aromatic N) is 1. The lowest BCUT2D eigenvalue weighted by Crippen LogP contribution is -2.29. The van der Waals surface area contributed by atoms with Gasteiger partial charge in [-0.1, -0.05) is 13.0 Å². The normalized spacial score (nSPS) is 10.0. The minimum absolute atomic E-state index is 0.160. The third-order valence-corrected chi connectivity index (χ3v) is 2.86. The molecule has 0 aliphatic rings. The van der Waals surface area contributed by atoms with Crippen LogP contribution < -0.4 is 9.47 Å². The van der Waals surface area contributed by atoms with E-state index in [1.54, 1.807) is 14.2 Å².